The van der Waals surface area contributed by atoms with E-state index in [0.29, 0.717) is 24.3 Å². The molecule has 0 radical (unpaired) electrons. The van der Waals surface area contributed by atoms with Gasteiger partial charge in [0.15, 0.2) is 5.69 Å². The number of anilines is 1. The van der Waals surface area contributed by atoms with E-state index in [1.165, 1.54) is 0 Å². The van der Waals surface area contributed by atoms with Crippen LogP contribution in [0.1, 0.15) is 21.8 Å². The molecule has 0 spiro atoms. The van der Waals surface area contributed by atoms with Crippen molar-refractivity contribution in [2.24, 2.45) is 0 Å². The van der Waals surface area contributed by atoms with Gasteiger partial charge in [-0.2, -0.15) is 0 Å². The van der Waals surface area contributed by atoms with Crippen LogP contribution in [-0.2, 0) is 13.0 Å². The van der Waals surface area contributed by atoms with E-state index in [0.717, 1.165) is 12.2 Å². The molecule has 0 unspecified atom stereocenters. The van der Waals surface area contributed by atoms with E-state index in [9.17, 15) is 4.79 Å². The number of carboxylic acids is 1. The van der Waals surface area contributed by atoms with Crippen molar-refractivity contribution in [2.45, 2.75) is 13.0 Å². The number of para-hydroxylation sites is 1. The van der Waals surface area contributed by atoms with Crippen LogP contribution in [-0.4, -0.2) is 22.8 Å². The van der Waals surface area contributed by atoms with Crippen molar-refractivity contribution in [3.05, 3.63) is 47.3 Å². The average Bonchev–Trinajstić information content (AvgIpc) is 2.82. The van der Waals surface area contributed by atoms with Crippen LogP contribution in [0.3, 0.4) is 0 Å². The number of nitrogens with zero attached hydrogens (tertiary/aromatic N) is 2. The molecule has 18 heavy (non-hydrogen) atoms. The first-order valence-electron chi connectivity index (χ1n) is 5.76. The molecule has 1 aliphatic heterocycles. The predicted octanol–water partition coefficient (Wildman–Crippen LogP) is 1.94. The maximum Gasteiger partial charge on any atom is 0.358 e. The van der Waals surface area contributed by atoms with E-state index in [-0.39, 0.29) is 5.69 Å². The topological polar surface area (TPSA) is 66.6 Å². The van der Waals surface area contributed by atoms with E-state index in [1.54, 1.807) is 0 Å². The van der Waals surface area contributed by atoms with Crippen molar-refractivity contribution in [3.8, 4) is 0 Å². The number of fused-ring (bicyclic) bond motifs is 1. The van der Waals surface area contributed by atoms with E-state index < -0.39 is 5.97 Å². The van der Waals surface area contributed by atoms with Crippen molar-refractivity contribution < 1.29 is 14.4 Å². The minimum absolute atomic E-state index is 0.0330. The first kappa shape index (κ1) is 10.8. The molecule has 0 atom stereocenters. The molecule has 1 aromatic heterocycles. The van der Waals surface area contributed by atoms with Gasteiger partial charge in [0.25, 0.3) is 0 Å². The maximum atomic E-state index is 11.0. The molecule has 1 N–H and O–H groups in total. The summed E-state index contributed by atoms with van der Waals surface area (Å²) in [6, 6.07) is 9.92. The Balaban J connectivity index is 1.93. The summed E-state index contributed by atoms with van der Waals surface area (Å²) in [6.45, 7) is 1.34. The molecular formula is C13H12N2O3. The lowest BCUT2D eigenvalue weighted by Crippen LogP contribution is -2.30. The zero-order chi connectivity index (χ0) is 12.5. The quantitative estimate of drug-likeness (QED) is 0.874. The molecule has 1 aliphatic rings. The molecule has 1 aromatic carbocycles. The highest BCUT2D eigenvalue weighted by Gasteiger charge is 2.27. The van der Waals surface area contributed by atoms with Crippen molar-refractivity contribution in [3.63, 3.8) is 0 Å². The zero-order valence-corrected chi connectivity index (χ0v) is 9.67. The van der Waals surface area contributed by atoms with Gasteiger partial charge in [-0.05, 0) is 12.1 Å². The van der Waals surface area contributed by atoms with Crippen LogP contribution in [0.5, 0.6) is 0 Å². The van der Waals surface area contributed by atoms with Gasteiger partial charge in [0.05, 0.1) is 0 Å². The number of rotatable bonds is 2. The second kappa shape index (κ2) is 4.18. The van der Waals surface area contributed by atoms with Crippen LogP contribution in [0.4, 0.5) is 5.69 Å². The van der Waals surface area contributed by atoms with E-state index in [1.807, 2.05) is 30.3 Å². The van der Waals surface area contributed by atoms with Crippen LogP contribution in [0.25, 0.3) is 0 Å². The summed E-state index contributed by atoms with van der Waals surface area (Å²) in [5, 5.41) is 12.7. The maximum absolute atomic E-state index is 11.0. The third-order valence-corrected chi connectivity index (χ3v) is 3.15. The highest BCUT2D eigenvalue weighted by Crippen LogP contribution is 2.26. The lowest BCUT2D eigenvalue weighted by atomic mass is 10.1. The monoisotopic (exact) mass is 244 g/mol. The van der Waals surface area contributed by atoms with Gasteiger partial charge in [-0.15, -0.1) is 0 Å². The van der Waals surface area contributed by atoms with Crippen molar-refractivity contribution in [2.75, 3.05) is 11.4 Å². The standard InChI is InChI=1S/C13H12N2O3/c16-13(17)12-10-8-15(7-6-11(10)18-14-12)9-4-2-1-3-5-9/h1-5H,6-8H2,(H,16,17). The fourth-order valence-corrected chi connectivity index (χ4v) is 2.24. The largest absolute Gasteiger partial charge is 0.476 e. The highest BCUT2D eigenvalue weighted by atomic mass is 16.5. The number of carboxylic acid groups (broad SMARTS) is 1. The summed E-state index contributed by atoms with van der Waals surface area (Å²) in [6.07, 6.45) is 0.685. The van der Waals surface area contributed by atoms with Gasteiger partial charge in [0.2, 0.25) is 0 Å². The number of benzene rings is 1. The van der Waals surface area contributed by atoms with Gasteiger partial charge in [0.1, 0.15) is 5.76 Å². The minimum atomic E-state index is -1.03. The average molecular weight is 244 g/mol. The van der Waals surface area contributed by atoms with Gasteiger partial charge < -0.3 is 14.5 Å². The first-order chi connectivity index (χ1) is 8.75. The molecule has 3 rings (SSSR count). The van der Waals surface area contributed by atoms with Crippen LogP contribution >= 0.6 is 0 Å². The highest BCUT2D eigenvalue weighted by molar-refractivity contribution is 5.87. The molecule has 0 fully saturated rings. The normalized spacial score (nSPS) is 14.3. The van der Waals surface area contributed by atoms with E-state index in [2.05, 4.69) is 10.1 Å². The fraction of sp³-hybridized carbons (Fsp3) is 0.231. The summed E-state index contributed by atoms with van der Waals surface area (Å²) < 4.78 is 5.08. The summed E-state index contributed by atoms with van der Waals surface area (Å²) in [5.74, 6) is -0.338. The smallest absolute Gasteiger partial charge is 0.358 e. The first-order valence-corrected chi connectivity index (χ1v) is 5.76. The van der Waals surface area contributed by atoms with E-state index >= 15 is 0 Å². The van der Waals surface area contributed by atoms with Crippen LogP contribution in [0.2, 0.25) is 0 Å². The molecule has 0 saturated carbocycles. The van der Waals surface area contributed by atoms with E-state index in [4.69, 9.17) is 9.63 Å². The molecule has 5 heteroatoms. The van der Waals surface area contributed by atoms with Crippen molar-refractivity contribution in [1.29, 1.82) is 0 Å². The molecule has 0 saturated heterocycles. The van der Waals surface area contributed by atoms with Crippen molar-refractivity contribution >= 4 is 11.7 Å². The Morgan fingerprint density at radius 1 is 1.33 bits per heavy atom. The molecule has 92 valence electrons. The number of hydrogen-bond donors (Lipinski definition) is 1. The van der Waals surface area contributed by atoms with Gasteiger partial charge in [-0.3, -0.25) is 0 Å². The van der Waals surface area contributed by atoms with Crippen LogP contribution < -0.4 is 4.90 Å². The second-order valence-corrected chi connectivity index (χ2v) is 4.25. The number of aromatic carboxylic acids is 1. The van der Waals surface area contributed by atoms with Crippen LogP contribution in [0.15, 0.2) is 34.9 Å². The number of aromatic nitrogens is 1. The third kappa shape index (κ3) is 1.73. The van der Waals surface area contributed by atoms with Crippen molar-refractivity contribution in [1.82, 2.24) is 5.16 Å². The number of carbonyl (C=O) groups is 1. The van der Waals surface area contributed by atoms with Gasteiger partial charge in [-0.25, -0.2) is 4.79 Å². The van der Waals surface area contributed by atoms with Gasteiger partial charge >= 0.3 is 5.97 Å². The molecule has 5 nitrogen and oxygen atoms in total. The lowest BCUT2D eigenvalue weighted by molar-refractivity contribution is 0.0684. The summed E-state index contributed by atoms with van der Waals surface area (Å²) >= 11 is 0. The molecule has 0 aliphatic carbocycles. The second-order valence-electron chi connectivity index (χ2n) is 4.25. The summed E-state index contributed by atoms with van der Waals surface area (Å²) in [7, 11) is 0. The number of hydrogen-bond acceptors (Lipinski definition) is 4. The Morgan fingerprint density at radius 2 is 2.11 bits per heavy atom. The molecule has 2 aromatic rings. The Kier molecular flexibility index (Phi) is 2.51. The lowest BCUT2D eigenvalue weighted by Gasteiger charge is -2.27. The Hall–Kier alpha value is -2.30. The van der Waals surface area contributed by atoms with Gasteiger partial charge in [0, 0.05) is 30.8 Å². The SMILES string of the molecule is O=C(O)c1noc2c1CN(c1ccccc1)CC2. The van der Waals surface area contributed by atoms with Gasteiger partial charge in [-0.1, -0.05) is 23.4 Å². The molecular weight excluding hydrogens is 232 g/mol. The molecule has 0 amide bonds. The Labute approximate surface area is 104 Å². The minimum Gasteiger partial charge on any atom is -0.476 e. The zero-order valence-electron chi connectivity index (χ0n) is 9.67. The summed E-state index contributed by atoms with van der Waals surface area (Å²) in [4.78, 5) is 13.2. The summed E-state index contributed by atoms with van der Waals surface area (Å²) in [5.41, 5.74) is 1.81. The third-order valence-electron chi connectivity index (χ3n) is 3.15. The Morgan fingerprint density at radius 3 is 2.83 bits per heavy atom. The Bertz CT molecular complexity index is 577. The molecule has 2 heterocycles. The fourth-order valence-electron chi connectivity index (χ4n) is 2.24. The predicted molar refractivity (Wildman–Crippen MR) is 64.7 cm³/mol. The van der Waals surface area contributed by atoms with Crippen LogP contribution in [0, 0.1) is 0 Å². The molecule has 0 bridgehead atoms.